The van der Waals surface area contributed by atoms with Gasteiger partial charge in [-0.1, -0.05) is 24.3 Å². The topological polar surface area (TPSA) is 149 Å². The summed E-state index contributed by atoms with van der Waals surface area (Å²) in [6.45, 7) is -0.119. The molecule has 13 nitrogen and oxygen atoms in total. The zero-order valence-corrected chi connectivity index (χ0v) is 30.2. The van der Waals surface area contributed by atoms with Crippen LogP contribution in [0.4, 0.5) is 19.3 Å². The SMILES string of the molecule is CNC(=O)COc1ccc(-n2c(=O)c3c(CN(C)Cc4ccccn4)c(-c4ccc(NC(=O)NOC)cc4)sc3n(Cc3c(F)cccc3F)c2=O)cc1. The molecule has 0 aliphatic heterocycles. The van der Waals surface area contributed by atoms with Crippen LogP contribution in [-0.4, -0.2) is 58.8 Å². The Morgan fingerprint density at radius 2 is 1.63 bits per heavy atom. The second-order valence-electron chi connectivity index (χ2n) is 12.1. The summed E-state index contributed by atoms with van der Waals surface area (Å²) in [7, 11) is 4.65. The van der Waals surface area contributed by atoms with E-state index in [-0.39, 0.29) is 40.5 Å². The Hall–Kier alpha value is -6.23. The van der Waals surface area contributed by atoms with Gasteiger partial charge < -0.3 is 15.4 Å². The van der Waals surface area contributed by atoms with Crippen molar-refractivity contribution >= 4 is 39.2 Å². The molecule has 0 radical (unpaired) electrons. The molecule has 6 rings (SSSR count). The lowest BCUT2D eigenvalue weighted by Gasteiger charge is -2.18. The minimum atomic E-state index is -0.849. The van der Waals surface area contributed by atoms with E-state index >= 15 is 8.78 Å². The van der Waals surface area contributed by atoms with Crippen LogP contribution in [0.3, 0.4) is 0 Å². The normalized spacial score (nSPS) is 11.1. The van der Waals surface area contributed by atoms with Crippen LogP contribution in [0.25, 0.3) is 26.3 Å². The molecule has 0 aliphatic rings. The highest BCUT2D eigenvalue weighted by molar-refractivity contribution is 7.22. The van der Waals surface area contributed by atoms with Crippen LogP contribution >= 0.6 is 11.3 Å². The molecule has 0 saturated carbocycles. The molecule has 0 spiro atoms. The average Bonchev–Trinajstić information content (AvgIpc) is 3.53. The number of hydroxylamine groups is 1. The highest BCUT2D eigenvalue weighted by Crippen LogP contribution is 2.39. The van der Waals surface area contributed by atoms with Gasteiger partial charge in [0.25, 0.3) is 11.5 Å². The molecule has 3 amide bonds. The second kappa shape index (κ2) is 16.6. The molecule has 3 heterocycles. The summed E-state index contributed by atoms with van der Waals surface area (Å²) in [5.41, 5.74) is 3.02. The molecular weight excluding hydrogens is 721 g/mol. The van der Waals surface area contributed by atoms with Gasteiger partial charge in [-0.25, -0.2) is 28.4 Å². The van der Waals surface area contributed by atoms with Crippen LogP contribution in [0.1, 0.15) is 16.8 Å². The monoisotopic (exact) mass is 755 g/mol. The predicted molar refractivity (Wildman–Crippen MR) is 201 cm³/mol. The number of amides is 3. The predicted octanol–water partition coefficient (Wildman–Crippen LogP) is 5.04. The number of rotatable bonds is 13. The van der Waals surface area contributed by atoms with E-state index in [2.05, 4.69) is 25.9 Å². The van der Waals surface area contributed by atoms with E-state index in [1.807, 2.05) is 30.1 Å². The maximum atomic E-state index is 15.2. The lowest BCUT2D eigenvalue weighted by atomic mass is 10.1. The number of urea groups is 1. The molecule has 0 atom stereocenters. The van der Waals surface area contributed by atoms with Crippen molar-refractivity contribution in [3.63, 3.8) is 0 Å². The van der Waals surface area contributed by atoms with E-state index in [0.717, 1.165) is 33.7 Å². The van der Waals surface area contributed by atoms with Crippen LogP contribution in [-0.2, 0) is 29.3 Å². The third-order valence-corrected chi connectivity index (χ3v) is 9.68. The maximum Gasteiger partial charge on any atom is 0.343 e. The molecule has 0 fully saturated rings. The van der Waals surface area contributed by atoms with E-state index in [4.69, 9.17) is 4.74 Å². The fraction of sp³-hybridized carbons (Fsp3) is 0.184. The number of halogens is 2. The van der Waals surface area contributed by atoms with Gasteiger partial charge in [0.1, 0.15) is 22.2 Å². The fourth-order valence-electron chi connectivity index (χ4n) is 5.82. The summed E-state index contributed by atoms with van der Waals surface area (Å²) in [4.78, 5) is 64.8. The number of pyridine rings is 1. The summed E-state index contributed by atoms with van der Waals surface area (Å²) >= 11 is 1.14. The number of fused-ring (bicyclic) bond motifs is 1. The standard InChI is InChI=1S/C38H35F2N7O6S/c1-41-32(48)22-53-27-16-14-26(15-17-27)47-35(49)33-29(20-45(2)19-25-7-4-5-18-42-25)34(23-10-12-24(13-11-23)43-37(50)44-52-3)54-36(33)46(38(47)51)21-28-30(39)8-6-9-31(28)40/h4-18H,19-22H2,1-3H3,(H,41,48)(H2,43,44,50). The molecule has 0 saturated heterocycles. The highest BCUT2D eigenvalue weighted by atomic mass is 32.1. The van der Waals surface area contributed by atoms with Crippen molar-refractivity contribution in [2.24, 2.45) is 0 Å². The van der Waals surface area contributed by atoms with Gasteiger partial charge in [0.15, 0.2) is 6.61 Å². The van der Waals surface area contributed by atoms with E-state index < -0.39 is 35.5 Å². The molecule has 0 unspecified atom stereocenters. The van der Waals surface area contributed by atoms with Gasteiger partial charge in [0.05, 0.1) is 30.4 Å². The van der Waals surface area contributed by atoms with Crippen LogP contribution in [0, 0.1) is 11.6 Å². The van der Waals surface area contributed by atoms with E-state index in [9.17, 15) is 19.2 Å². The van der Waals surface area contributed by atoms with Gasteiger partial charge in [0, 0.05) is 42.5 Å². The van der Waals surface area contributed by atoms with Gasteiger partial charge in [-0.15, -0.1) is 11.3 Å². The molecule has 278 valence electrons. The summed E-state index contributed by atoms with van der Waals surface area (Å²) < 4.78 is 38.0. The Bertz CT molecular complexity index is 2400. The average molecular weight is 756 g/mol. The van der Waals surface area contributed by atoms with Gasteiger partial charge in [-0.2, -0.15) is 0 Å². The fourth-order valence-corrected chi connectivity index (χ4v) is 7.12. The smallest absolute Gasteiger partial charge is 0.343 e. The molecule has 0 bridgehead atoms. The van der Waals surface area contributed by atoms with Gasteiger partial charge in [-0.05, 0) is 78.8 Å². The van der Waals surface area contributed by atoms with Crippen molar-refractivity contribution < 1.29 is 27.9 Å². The van der Waals surface area contributed by atoms with Crippen LogP contribution in [0.5, 0.6) is 5.75 Å². The zero-order valence-electron chi connectivity index (χ0n) is 29.4. The van der Waals surface area contributed by atoms with Crippen molar-refractivity contribution in [2.75, 3.05) is 33.1 Å². The summed E-state index contributed by atoms with van der Waals surface area (Å²) in [6.07, 6.45) is 1.69. The summed E-state index contributed by atoms with van der Waals surface area (Å²) in [5.74, 6) is -1.73. The third kappa shape index (κ3) is 8.20. The number of nitrogens with one attached hydrogen (secondary N) is 3. The van der Waals surface area contributed by atoms with Crippen molar-refractivity contribution in [3.05, 3.63) is 140 Å². The van der Waals surface area contributed by atoms with Gasteiger partial charge in [-0.3, -0.25) is 28.9 Å². The Kier molecular flexibility index (Phi) is 11.6. The minimum Gasteiger partial charge on any atom is -0.484 e. The second-order valence-corrected chi connectivity index (χ2v) is 13.1. The highest BCUT2D eigenvalue weighted by Gasteiger charge is 2.26. The molecule has 3 aromatic carbocycles. The first-order valence-electron chi connectivity index (χ1n) is 16.5. The number of aromatic nitrogens is 3. The molecule has 6 aromatic rings. The van der Waals surface area contributed by atoms with E-state index in [0.29, 0.717) is 34.0 Å². The van der Waals surface area contributed by atoms with Crippen molar-refractivity contribution in [2.45, 2.75) is 19.6 Å². The molecular formula is C38H35F2N7O6S. The maximum absolute atomic E-state index is 15.2. The number of ether oxygens (including phenoxy) is 1. The number of carbonyl (C=O) groups excluding carboxylic acids is 2. The Morgan fingerprint density at radius 1 is 0.907 bits per heavy atom. The quantitative estimate of drug-likeness (QED) is 0.139. The third-order valence-electron chi connectivity index (χ3n) is 8.38. The summed E-state index contributed by atoms with van der Waals surface area (Å²) in [6, 6.07) is 21.3. The lowest BCUT2D eigenvalue weighted by molar-refractivity contribution is -0.122. The first-order chi connectivity index (χ1) is 26.1. The van der Waals surface area contributed by atoms with Gasteiger partial charge in [0.2, 0.25) is 0 Å². The number of hydrogen-bond donors (Lipinski definition) is 3. The number of likely N-dealkylation sites (N-methyl/N-ethyl adjacent to an activating group) is 1. The molecule has 0 aliphatic carbocycles. The van der Waals surface area contributed by atoms with E-state index in [1.54, 1.807) is 30.5 Å². The molecule has 16 heteroatoms. The lowest BCUT2D eigenvalue weighted by Crippen LogP contribution is -2.39. The Labute approximate surface area is 311 Å². The molecule has 54 heavy (non-hydrogen) atoms. The van der Waals surface area contributed by atoms with Crippen LogP contribution in [0.15, 0.2) is 101 Å². The van der Waals surface area contributed by atoms with Crippen molar-refractivity contribution in [3.8, 4) is 21.9 Å². The number of hydrogen-bond acceptors (Lipinski definition) is 9. The Morgan fingerprint density at radius 3 is 2.28 bits per heavy atom. The number of thiophene rings is 1. The van der Waals surface area contributed by atoms with Crippen molar-refractivity contribution in [1.82, 2.24) is 29.8 Å². The zero-order chi connectivity index (χ0) is 38.4. The minimum absolute atomic E-state index is 0.173. The summed E-state index contributed by atoms with van der Waals surface area (Å²) in [5, 5.41) is 5.29. The molecule has 3 aromatic heterocycles. The van der Waals surface area contributed by atoms with Crippen LogP contribution < -0.4 is 32.1 Å². The first-order valence-corrected chi connectivity index (χ1v) is 17.4. The molecule has 3 N–H and O–H groups in total. The van der Waals surface area contributed by atoms with Crippen LogP contribution in [0.2, 0.25) is 0 Å². The number of nitrogens with zero attached hydrogens (tertiary/aromatic N) is 4. The van der Waals surface area contributed by atoms with E-state index in [1.165, 1.54) is 49.1 Å². The van der Waals surface area contributed by atoms with Gasteiger partial charge >= 0.3 is 11.7 Å². The Balaban J connectivity index is 1.56. The van der Waals surface area contributed by atoms with Crippen molar-refractivity contribution in [1.29, 1.82) is 0 Å². The number of carbonyl (C=O) groups is 2. The number of anilines is 1. The number of benzene rings is 3. The largest absolute Gasteiger partial charge is 0.484 e. The first kappa shape index (κ1) is 37.5.